The molecule has 1 saturated heterocycles. The highest BCUT2D eigenvalue weighted by Crippen LogP contribution is 2.39. The molecule has 3 heterocycles. The molecule has 0 saturated carbocycles. The molecular formula is C23H31N5O. The fourth-order valence-electron chi connectivity index (χ4n) is 4.22. The Labute approximate surface area is 172 Å². The van der Waals surface area contributed by atoms with Crippen molar-refractivity contribution in [2.24, 2.45) is 5.41 Å². The van der Waals surface area contributed by atoms with Gasteiger partial charge in [-0.3, -0.25) is 9.47 Å². The molecule has 0 amide bonds. The molecule has 0 N–H and O–H groups in total. The van der Waals surface area contributed by atoms with Crippen LogP contribution in [-0.2, 0) is 0 Å². The number of fused-ring (bicyclic) bond motifs is 1. The molecule has 0 spiro atoms. The highest BCUT2D eigenvalue weighted by molar-refractivity contribution is 5.83. The normalized spacial score (nSPS) is 21.0. The van der Waals surface area contributed by atoms with E-state index < -0.39 is 0 Å². The first-order chi connectivity index (χ1) is 13.6. The van der Waals surface area contributed by atoms with Crippen LogP contribution in [0, 0.1) is 5.41 Å². The Morgan fingerprint density at radius 2 is 1.79 bits per heavy atom. The fraction of sp³-hybridized carbons (Fsp3) is 0.522. The van der Waals surface area contributed by atoms with Gasteiger partial charge in [-0.2, -0.15) is 4.98 Å². The number of para-hydroxylation sites is 1. The number of hydrogen-bond acceptors (Lipinski definition) is 5. The van der Waals surface area contributed by atoms with Crippen LogP contribution in [0.15, 0.2) is 43.0 Å². The Bertz CT molecular complexity index is 963. The van der Waals surface area contributed by atoms with Crippen molar-refractivity contribution in [1.29, 1.82) is 0 Å². The van der Waals surface area contributed by atoms with E-state index in [2.05, 4.69) is 56.4 Å². The van der Waals surface area contributed by atoms with Crippen LogP contribution in [0.25, 0.3) is 16.9 Å². The quantitative estimate of drug-likeness (QED) is 0.657. The predicted octanol–water partition coefficient (Wildman–Crippen LogP) is 4.48. The van der Waals surface area contributed by atoms with Gasteiger partial charge < -0.3 is 4.74 Å². The number of hydrogen-bond donors (Lipinski definition) is 0. The van der Waals surface area contributed by atoms with Crippen molar-refractivity contribution in [3.63, 3.8) is 0 Å². The number of aromatic nitrogens is 4. The molecule has 4 rings (SSSR count). The maximum atomic E-state index is 6.55. The summed E-state index contributed by atoms with van der Waals surface area (Å²) in [6.07, 6.45) is 6.36. The third-order valence-corrected chi connectivity index (χ3v) is 5.69. The summed E-state index contributed by atoms with van der Waals surface area (Å²) in [5.41, 5.74) is 1.15. The summed E-state index contributed by atoms with van der Waals surface area (Å²) in [6.45, 7) is 14.7. The first-order valence-corrected chi connectivity index (χ1v) is 10.3. The second-order valence-electron chi connectivity index (χ2n) is 10.00. The van der Waals surface area contributed by atoms with E-state index >= 15 is 0 Å². The molecule has 1 aliphatic heterocycles. The molecule has 0 radical (unpaired) electrons. The van der Waals surface area contributed by atoms with Crippen LogP contribution in [-0.4, -0.2) is 48.6 Å². The van der Waals surface area contributed by atoms with Gasteiger partial charge in [0, 0.05) is 36.9 Å². The summed E-state index contributed by atoms with van der Waals surface area (Å²) < 4.78 is 8.36. The van der Waals surface area contributed by atoms with E-state index in [1.165, 1.54) is 0 Å². The van der Waals surface area contributed by atoms with Crippen LogP contribution < -0.4 is 4.74 Å². The Hall–Kier alpha value is -2.47. The van der Waals surface area contributed by atoms with Gasteiger partial charge in [-0.05, 0) is 38.3 Å². The largest absolute Gasteiger partial charge is 0.472 e. The average molecular weight is 394 g/mol. The molecule has 2 unspecified atom stereocenters. The van der Waals surface area contributed by atoms with Crippen LogP contribution in [0.2, 0.25) is 0 Å². The molecule has 3 aromatic rings. The van der Waals surface area contributed by atoms with Gasteiger partial charge in [0.1, 0.15) is 12.4 Å². The van der Waals surface area contributed by atoms with Gasteiger partial charge in [0.2, 0.25) is 11.8 Å². The van der Waals surface area contributed by atoms with Crippen LogP contribution in [0.1, 0.15) is 48.0 Å². The summed E-state index contributed by atoms with van der Waals surface area (Å²) in [4.78, 5) is 16.1. The first kappa shape index (κ1) is 19.8. The number of benzene rings is 1. The minimum atomic E-state index is 0.0891. The van der Waals surface area contributed by atoms with Crippen molar-refractivity contribution in [3.05, 3.63) is 43.0 Å². The van der Waals surface area contributed by atoms with Gasteiger partial charge in [0.15, 0.2) is 0 Å². The van der Waals surface area contributed by atoms with E-state index in [1.54, 1.807) is 12.5 Å². The molecule has 6 heteroatoms. The van der Waals surface area contributed by atoms with Crippen molar-refractivity contribution >= 4 is 10.9 Å². The molecule has 6 nitrogen and oxygen atoms in total. The van der Waals surface area contributed by atoms with Crippen LogP contribution in [0.5, 0.6) is 5.88 Å². The van der Waals surface area contributed by atoms with E-state index in [0.29, 0.717) is 17.9 Å². The molecule has 1 aliphatic rings. The van der Waals surface area contributed by atoms with Crippen LogP contribution in [0.3, 0.4) is 0 Å². The summed E-state index contributed by atoms with van der Waals surface area (Å²) in [5, 5.41) is 0.942. The zero-order valence-electron chi connectivity index (χ0n) is 18.3. The molecule has 154 valence electrons. The Balaban J connectivity index is 1.69. The molecule has 2 atom stereocenters. The maximum Gasteiger partial charge on any atom is 0.238 e. The maximum absolute atomic E-state index is 6.55. The lowest BCUT2D eigenvalue weighted by atomic mass is 9.83. The van der Waals surface area contributed by atoms with Gasteiger partial charge in [-0.25, -0.2) is 9.97 Å². The summed E-state index contributed by atoms with van der Waals surface area (Å²) in [7, 11) is 0. The lowest BCUT2D eigenvalue weighted by Crippen LogP contribution is -2.49. The lowest BCUT2D eigenvalue weighted by Gasteiger charge is -2.42. The van der Waals surface area contributed by atoms with Gasteiger partial charge in [-0.15, -0.1) is 0 Å². The monoisotopic (exact) mass is 393 g/mol. The predicted molar refractivity (Wildman–Crippen MR) is 115 cm³/mol. The number of rotatable bonds is 3. The zero-order chi connectivity index (χ0) is 20.8. The number of ether oxygens (including phenoxy) is 1. The van der Waals surface area contributed by atoms with E-state index in [-0.39, 0.29) is 17.1 Å². The highest BCUT2D eigenvalue weighted by Gasteiger charge is 2.44. The molecule has 0 bridgehead atoms. The molecule has 0 aliphatic carbocycles. The average Bonchev–Trinajstić information content (AvgIpc) is 3.31. The van der Waals surface area contributed by atoms with Gasteiger partial charge in [0.25, 0.3) is 0 Å². The summed E-state index contributed by atoms with van der Waals surface area (Å²) in [6, 6.07) is 8.47. The lowest BCUT2D eigenvalue weighted by molar-refractivity contribution is 0.0558. The highest BCUT2D eigenvalue weighted by atomic mass is 16.5. The third-order valence-electron chi connectivity index (χ3n) is 5.69. The minimum absolute atomic E-state index is 0.0891. The van der Waals surface area contributed by atoms with Crippen molar-refractivity contribution < 1.29 is 4.74 Å². The standard InChI is InChI=1S/C23H31N5O/c1-22(2,3)19-13-16(14-28(19)23(4,5)6)29-20-17-9-7-8-10-18(17)25-21(26-20)27-12-11-24-15-27/h7-12,15-16,19H,13-14H2,1-6H3. The Morgan fingerprint density at radius 3 is 2.41 bits per heavy atom. The smallest absolute Gasteiger partial charge is 0.238 e. The van der Waals surface area contributed by atoms with Gasteiger partial charge >= 0.3 is 0 Å². The van der Waals surface area contributed by atoms with Crippen LogP contribution in [0.4, 0.5) is 0 Å². The molecular weight excluding hydrogens is 362 g/mol. The third kappa shape index (κ3) is 3.99. The van der Waals surface area contributed by atoms with E-state index in [0.717, 1.165) is 23.9 Å². The summed E-state index contributed by atoms with van der Waals surface area (Å²) in [5.74, 6) is 1.22. The Kier molecular flexibility index (Phi) is 4.85. The molecule has 1 aromatic carbocycles. The second-order valence-corrected chi connectivity index (χ2v) is 10.00. The Morgan fingerprint density at radius 1 is 1.03 bits per heavy atom. The zero-order valence-corrected chi connectivity index (χ0v) is 18.3. The number of nitrogens with zero attached hydrogens (tertiary/aromatic N) is 5. The fourth-order valence-corrected chi connectivity index (χ4v) is 4.22. The minimum Gasteiger partial charge on any atom is -0.472 e. The SMILES string of the molecule is CC(C)(C)C1CC(Oc2nc(-n3ccnc3)nc3ccccc23)CN1C(C)(C)C. The van der Waals surface area contributed by atoms with Crippen molar-refractivity contribution in [3.8, 4) is 11.8 Å². The second kappa shape index (κ2) is 7.10. The summed E-state index contributed by atoms with van der Waals surface area (Å²) >= 11 is 0. The topological polar surface area (TPSA) is 56.1 Å². The van der Waals surface area contributed by atoms with E-state index in [4.69, 9.17) is 9.72 Å². The van der Waals surface area contributed by atoms with Crippen molar-refractivity contribution in [1.82, 2.24) is 24.4 Å². The van der Waals surface area contributed by atoms with Gasteiger partial charge in [-0.1, -0.05) is 32.9 Å². The van der Waals surface area contributed by atoms with E-state index in [9.17, 15) is 0 Å². The van der Waals surface area contributed by atoms with Crippen LogP contribution >= 0.6 is 0 Å². The number of imidazole rings is 1. The van der Waals surface area contributed by atoms with Gasteiger partial charge in [0.05, 0.1) is 10.9 Å². The first-order valence-electron chi connectivity index (χ1n) is 10.3. The molecule has 29 heavy (non-hydrogen) atoms. The molecule has 2 aromatic heterocycles. The van der Waals surface area contributed by atoms with Crippen molar-refractivity contribution in [2.45, 2.75) is 65.6 Å². The molecule has 1 fully saturated rings. The number of likely N-dealkylation sites (tertiary alicyclic amines) is 1. The van der Waals surface area contributed by atoms with Crippen molar-refractivity contribution in [2.75, 3.05) is 6.54 Å². The van der Waals surface area contributed by atoms with E-state index in [1.807, 2.05) is 35.0 Å².